The summed E-state index contributed by atoms with van der Waals surface area (Å²) in [6.07, 6.45) is 5.87. The largest absolute Gasteiger partial charge is 0.481 e. The van der Waals surface area contributed by atoms with E-state index in [4.69, 9.17) is 5.11 Å². The Morgan fingerprint density at radius 2 is 2.00 bits per heavy atom. The van der Waals surface area contributed by atoms with Gasteiger partial charge < -0.3 is 15.7 Å². The van der Waals surface area contributed by atoms with E-state index in [9.17, 15) is 14.4 Å². The van der Waals surface area contributed by atoms with Crippen LogP contribution in [0.1, 0.15) is 51.4 Å². The summed E-state index contributed by atoms with van der Waals surface area (Å²) in [5.74, 6) is -1.09. The van der Waals surface area contributed by atoms with Crippen molar-refractivity contribution in [2.75, 3.05) is 6.54 Å². The lowest BCUT2D eigenvalue weighted by Gasteiger charge is -2.36. The minimum Gasteiger partial charge on any atom is -0.481 e. The second kappa shape index (κ2) is 6.24. The Balaban J connectivity index is 1.89. The Morgan fingerprint density at radius 3 is 2.55 bits per heavy atom. The molecule has 2 aliphatic rings. The second-order valence-electron chi connectivity index (χ2n) is 6.01. The SMILES string of the molecule is O=C(O)CC1(CNC(=O)[C@@H]2CCC(=O)N2)CCCCC1. The van der Waals surface area contributed by atoms with Gasteiger partial charge in [-0.2, -0.15) is 0 Å². The number of carbonyl (C=O) groups excluding carboxylic acids is 2. The summed E-state index contributed by atoms with van der Waals surface area (Å²) in [5, 5.41) is 14.5. The number of rotatable bonds is 5. The van der Waals surface area contributed by atoms with Crippen LogP contribution in [0.25, 0.3) is 0 Å². The molecule has 1 saturated carbocycles. The van der Waals surface area contributed by atoms with Crippen LogP contribution >= 0.6 is 0 Å². The molecule has 1 atom stereocenters. The molecular weight excluding hydrogens is 260 g/mol. The number of hydrogen-bond donors (Lipinski definition) is 3. The molecule has 3 N–H and O–H groups in total. The highest BCUT2D eigenvalue weighted by atomic mass is 16.4. The van der Waals surface area contributed by atoms with Gasteiger partial charge in [-0.25, -0.2) is 0 Å². The van der Waals surface area contributed by atoms with E-state index >= 15 is 0 Å². The Labute approximate surface area is 118 Å². The molecule has 6 nitrogen and oxygen atoms in total. The van der Waals surface area contributed by atoms with Crippen LogP contribution in [-0.4, -0.2) is 35.5 Å². The minimum absolute atomic E-state index is 0.0944. The van der Waals surface area contributed by atoms with Crippen molar-refractivity contribution in [1.82, 2.24) is 10.6 Å². The van der Waals surface area contributed by atoms with Crippen molar-refractivity contribution in [3.8, 4) is 0 Å². The third kappa shape index (κ3) is 3.71. The van der Waals surface area contributed by atoms with Gasteiger partial charge in [0, 0.05) is 13.0 Å². The highest BCUT2D eigenvalue weighted by molar-refractivity contribution is 5.90. The fourth-order valence-electron chi connectivity index (χ4n) is 3.25. The predicted octanol–water partition coefficient (Wildman–Crippen LogP) is 0.806. The molecule has 0 radical (unpaired) electrons. The number of amides is 2. The van der Waals surface area contributed by atoms with Crippen LogP contribution in [0.3, 0.4) is 0 Å². The first-order valence-electron chi connectivity index (χ1n) is 7.30. The van der Waals surface area contributed by atoms with E-state index in [0.29, 0.717) is 19.4 Å². The number of carbonyl (C=O) groups is 3. The number of carboxylic acid groups (broad SMARTS) is 1. The van der Waals surface area contributed by atoms with E-state index in [1.165, 1.54) is 0 Å². The van der Waals surface area contributed by atoms with E-state index in [2.05, 4.69) is 10.6 Å². The van der Waals surface area contributed by atoms with Crippen molar-refractivity contribution in [3.63, 3.8) is 0 Å². The van der Waals surface area contributed by atoms with Gasteiger partial charge in [-0.3, -0.25) is 14.4 Å². The monoisotopic (exact) mass is 282 g/mol. The predicted molar refractivity (Wildman–Crippen MR) is 71.9 cm³/mol. The molecule has 20 heavy (non-hydrogen) atoms. The van der Waals surface area contributed by atoms with Crippen LogP contribution in [-0.2, 0) is 14.4 Å². The first-order valence-corrected chi connectivity index (χ1v) is 7.30. The third-order valence-corrected chi connectivity index (χ3v) is 4.39. The number of hydrogen-bond acceptors (Lipinski definition) is 3. The summed E-state index contributed by atoms with van der Waals surface area (Å²) < 4.78 is 0. The van der Waals surface area contributed by atoms with E-state index < -0.39 is 12.0 Å². The minimum atomic E-state index is -0.810. The average molecular weight is 282 g/mol. The summed E-state index contributed by atoms with van der Waals surface area (Å²) in [7, 11) is 0. The highest BCUT2D eigenvalue weighted by Gasteiger charge is 2.36. The Morgan fingerprint density at radius 1 is 1.30 bits per heavy atom. The molecule has 1 heterocycles. The van der Waals surface area contributed by atoms with Gasteiger partial charge in [0.25, 0.3) is 0 Å². The maximum Gasteiger partial charge on any atom is 0.303 e. The maximum absolute atomic E-state index is 12.0. The molecule has 1 aliphatic heterocycles. The van der Waals surface area contributed by atoms with Crippen molar-refractivity contribution in [1.29, 1.82) is 0 Å². The van der Waals surface area contributed by atoms with Gasteiger partial charge in [-0.1, -0.05) is 19.3 Å². The molecule has 0 unspecified atom stereocenters. The Hall–Kier alpha value is -1.59. The van der Waals surface area contributed by atoms with Gasteiger partial charge >= 0.3 is 5.97 Å². The maximum atomic E-state index is 12.0. The van der Waals surface area contributed by atoms with Gasteiger partial charge in [0.1, 0.15) is 6.04 Å². The molecule has 6 heteroatoms. The number of aliphatic carboxylic acids is 1. The highest BCUT2D eigenvalue weighted by Crippen LogP contribution is 2.38. The summed E-state index contributed by atoms with van der Waals surface area (Å²) in [4.78, 5) is 34.1. The van der Waals surface area contributed by atoms with Gasteiger partial charge in [-0.15, -0.1) is 0 Å². The first kappa shape index (κ1) is 14.8. The van der Waals surface area contributed by atoms with E-state index in [1.807, 2.05) is 0 Å². The van der Waals surface area contributed by atoms with Crippen LogP contribution < -0.4 is 10.6 Å². The Kier molecular flexibility index (Phi) is 4.62. The van der Waals surface area contributed by atoms with Crippen LogP contribution in [0.4, 0.5) is 0 Å². The van der Waals surface area contributed by atoms with E-state index in [-0.39, 0.29) is 23.7 Å². The number of nitrogens with one attached hydrogen (secondary N) is 2. The molecule has 112 valence electrons. The Bertz CT molecular complexity index is 402. The fraction of sp³-hybridized carbons (Fsp3) is 0.786. The molecule has 0 aromatic heterocycles. The normalized spacial score (nSPS) is 25.0. The third-order valence-electron chi connectivity index (χ3n) is 4.39. The zero-order valence-electron chi connectivity index (χ0n) is 11.6. The molecule has 2 fully saturated rings. The van der Waals surface area contributed by atoms with Crippen LogP contribution in [0.2, 0.25) is 0 Å². The lowest BCUT2D eigenvalue weighted by atomic mass is 9.71. The van der Waals surface area contributed by atoms with Gasteiger partial charge in [0.2, 0.25) is 11.8 Å². The zero-order chi connectivity index (χ0) is 14.6. The smallest absolute Gasteiger partial charge is 0.303 e. The van der Waals surface area contributed by atoms with Crippen LogP contribution in [0, 0.1) is 5.41 Å². The van der Waals surface area contributed by atoms with Gasteiger partial charge in [-0.05, 0) is 24.7 Å². The van der Waals surface area contributed by atoms with Crippen molar-refractivity contribution >= 4 is 17.8 Å². The first-order chi connectivity index (χ1) is 9.51. The standard InChI is InChI=1S/C14H22N2O4/c17-11-5-4-10(16-11)13(20)15-9-14(8-12(18)19)6-2-1-3-7-14/h10H,1-9H2,(H,15,20)(H,16,17)(H,18,19)/t10-/m0/s1. The summed E-state index contributed by atoms with van der Waals surface area (Å²) >= 11 is 0. The molecule has 2 amide bonds. The number of carboxylic acids is 1. The quantitative estimate of drug-likeness (QED) is 0.695. The molecular formula is C14H22N2O4. The molecule has 1 saturated heterocycles. The van der Waals surface area contributed by atoms with Crippen molar-refractivity contribution in [3.05, 3.63) is 0 Å². The average Bonchev–Trinajstić information content (AvgIpc) is 2.83. The van der Waals surface area contributed by atoms with E-state index in [1.54, 1.807) is 0 Å². The van der Waals surface area contributed by atoms with E-state index in [0.717, 1.165) is 32.1 Å². The zero-order valence-corrected chi connectivity index (χ0v) is 11.6. The van der Waals surface area contributed by atoms with Crippen molar-refractivity contribution in [2.24, 2.45) is 5.41 Å². The molecule has 0 spiro atoms. The second-order valence-corrected chi connectivity index (χ2v) is 6.01. The fourth-order valence-corrected chi connectivity index (χ4v) is 3.25. The summed E-state index contributed by atoms with van der Waals surface area (Å²) in [6, 6.07) is -0.451. The lowest BCUT2D eigenvalue weighted by Crippen LogP contribution is -2.47. The summed E-state index contributed by atoms with van der Waals surface area (Å²) in [6.45, 7) is 0.393. The van der Waals surface area contributed by atoms with Gasteiger partial charge in [0.15, 0.2) is 0 Å². The molecule has 0 bridgehead atoms. The van der Waals surface area contributed by atoms with Crippen LogP contribution in [0.5, 0.6) is 0 Å². The lowest BCUT2D eigenvalue weighted by molar-refractivity contribution is -0.140. The molecule has 1 aliphatic carbocycles. The summed E-state index contributed by atoms with van der Waals surface area (Å²) in [5.41, 5.74) is -0.317. The van der Waals surface area contributed by atoms with Crippen molar-refractivity contribution in [2.45, 2.75) is 57.4 Å². The van der Waals surface area contributed by atoms with Crippen molar-refractivity contribution < 1.29 is 19.5 Å². The molecule has 0 aromatic rings. The van der Waals surface area contributed by atoms with Crippen LogP contribution in [0.15, 0.2) is 0 Å². The van der Waals surface area contributed by atoms with Gasteiger partial charge in [0.05, 0.1) is 6.42 Å². The molecule has 2 rings (SSSR count). The topological polar surface area (TPSA) is 95.5 Å². The molecule has 0 aromatic carbocycles.